The minimum absolute atomic E-state index is 0.249. The van der Waals surface area contributed by atoms with E-state index < -0.39 is 10.0 Å². The van der Waals surface area contributed by atoms with Crippen LogP contribution in [0.15, 0.2) is 35.2 Å². The highest BCUT2D eigenvalue weighted by Gasteiger charge is 2.21. The summed E-state index contributed by atoms with van der Waals surface area (Å²) in [5.74, 6) is 0. The number of sulfonamides is 1. The van der Waals surface area contributed by atoms with Crippen LogP contribution < -0.4 is 10.0 Å². The lowest BCUT2D eigenvalue weighted by atomic mass is 10.1. The monoisotopic (exact) mass is 298 g/mol. The van der Waals surface area contributed by atoms with Crippen LogP contribution in [0.4, 0.5) is 0 Å². The summed E-state index contributed by atoms with van der Waals surface area (Å²) in [6.07, 6.45) is 2.43. The SMILES string of the molecule is C[C@H](NCCNS(=O)(=O)c1ccccc1)[C@H]1CCCO1. The molecule has 0 aliphatic carbocycles. The molecule has 20 heavy (non-hydrogen) atoms. The summed E-state index contributed by atoms with van der Waals surface area (Å²) < 4.78 is 32.1. The molecule has 1 aromatic rings. The van der Waals surface area contributed by atoms with Crippen molar-refractivity contribution in [2.24, 2.45) is 0 Å². The number of hydrogen-bond donors (Lipinski definition) is 2. The smallest absolute Gasteiger partial charge is 0.240 e. The van der Waals surface area contributed by atoms with Crippen LogP contribution >= 0.6 is 0 Å². The Hall–Kier alpha value is -0.950. The van der Waals surface area contributed by atoms with Gasteiger partial charge in [0.15, 0.2) is 0 Å². The molecule has 112 valence electrons. The van der Waals surface area contributed by atoms with Gasteiger partial charge in [-0.05, 0) is 31.9 Å². The van der Waals surface area contributed by atoms with Crippen molar-refractivity contribution < 1.29 is 13.2 Å². The third-order valence-corrected chi connectivity index (χ3v) is 4.94. The second kappa shape index (κ2) is 7.17. The standard InChI is InChI=1S/C14H22N2O3S/c1-12(14-8-5-11-19-14)15-9-10-16-20(17,18)13-6-3-2-4-7-13/h2-4,6-7,12,14-16H,5,8-11H2,1H3/t12-,14+/m0/s1. The number of hydrogen-bond acceptors (Lipinski definition) is 4. The van der Waals surface area contributed by atoms with Gasteiger partial charge in [-0.25, -0.2) is 13.1 Å². The molecular formula is C14H22N2O3S. The maximum atomic E-state index is 12.0. The van der Waals surface area contributed by atoms with Crippen LogP contribution in [-0.2, 0) is 14.8 Å². The molecule has 2 N–H and O–H groups in total. The molecule has 1 saturated heterocycles. The van der Waals surface area contributed by atoms with Crippen molar-refractivity contribution >= 4 is 10.0 Å². The lowest BCUT2D eigenvalue weighted by Crippen LogP contribution is -2.41. The van der Waals surface area contributed by atoms with Gasteiger partial charge in [-0.1, -0.05) is 18.2 Å². The molecule has 0 spiro atoms. The summed E-state index contributed by atoms with van der Waals surface area (Å²) in [5, 5.41) is 3.30. The van der Waals surface area contributed by atoms with E-state index in [1.165, 1.54) is 0 Å². The van der Waals surface area contributed by atoms with Crippen LogP contribution in [0.3, 0.4) is 0 Å². The fourth-order valence-corrected chi connectivity index (χ4v) is 3.35. The molecule has 0 unspecified atom stereocenters. The van der Waals surface area contributed by atoms with Gasteiger partial charge in [0.05, 0.1) is 11.0 Å². The molecule has 2 rings (SSSR count). The topological polar surface area (TPSA) is 67.4 Å². The average Bonchev–Trinajstić information content (AvgIpc) is 2.98. The second-order valence-electron chi connectivity index (χ2n) is 5.01. The maximum Gasteiger partial charge on any atom is 0.240 e. The highest BCUT2D eigenvalue weighted by atomic mass is 32.2. The van der Waals surface area contributed by atoms with E-state index in [1.54, 1.807) is 30.3 Å². The van der Waals surface area contributed by atoms with Crippen molar-refractivity contribution in [3.8, 4) is 0 Å². The number of ether oxygens (including phenoxy) is 1. The van der Waals surface area contributed by atoms with Crippen molar-refractivity contribution in [2.45, 2.75) is 36.8 Å². The Morgan fingerprint density at radius 1 is 1.30 bits per heavy atom. The fourth-order valence-electron chi connectivity index (χ4n) is 2.30. The van der Waals surface area contributed by atoms with Crippen LogP contribution in [-0.4, -0.2) is 40.3 Å². The summed E-state index contributed by atoms with van der Waals surface area (Å²) in [5.41, 5.74) is 0. The van der Waals surface area contributed by atoms with E-state index in [4.69, 9.17) is 4.74 Å². The molecule has 5 nitrogen and oxygen atoms in total. The summed E-state index contributed by atoms with van der Waals surface area (Å²) >= 11 is 0. The van der Waals surface area contributed by atoms with E-state index in [2.05, 4.69) is 17.0 Å². The Balaban J connectivity index is 1.73. The van der Waals surface area contributed by atoms with Gasteiger partial charge in [0, 0.05) is 25.7 Å². The first-order chi connectivity index (χ1) is 9.59. The molecule has 0 aromatic heterocycles. The number of rotatable bonds is 7. The average molecular weight is 298 g/mol. The van der Waals surface area contributed by atoms with Crippen molar-refractivity contribution in [3.63, 3.8) is 0 Å². The van der Waals surface area contributed by atoms with E-state index in [0.29, 0.717) is 18.0 Å². The van der Waals surface area contributed by atoms with E-state index in [1.807, 2.05) is 0 Å². The quantitative estimate of drug-likeness (QED) is 0.740. The van der Waals surface area contributed by atoms with Gasteiger partial charge in [0.1, 0.15) is 0 Å². The largest absolute Gasteiger partial charge is 0.377 e. The normalized spacial score (nSPS) is 20.9. The zero-order chi connectivity index (χ0) is 14.4. The van der Waals surface area contributed by atoms with Crippen LogP contribution in [0.2, 0.25) is 0 Å². The summed E-state index contributed by atoms with van der Waals surface area (Å²) in [7, 11) is -3.40. The second-order valence-corrected chi connectivity index (χ2v) is 6.77. The molecule has 6 heteroatoms. The van der Waals surface area contributed by atoms with Gasteiger partial charge in [0.2, 0.25) is 10.0 Å². The van der Waals surface area contributed by atoms with Crippen molar-refractivity contribution in [2.75, 3.05) is 19.7 Å². The third-order valence-electron chi connectivity index (χ3n) is 3.46. The molecule has 0 amide bonds. The molecule has 1 fully saturated rings. The predicted molar refractivity (Wildman–Crippen MR) is 78.1 cm³/mol. The first-order valence-electron chi connectivity index (χ1n) is 6.99. The molecular weight excluding hydrogens is 276 g/mol. The van der Waals surface area contributed by atoms with Crippen LogP contribution in [0, 0.1) is 0 Å². The van der Waals surface area contributed by atoms with Crippen molar-refractivity contribution in [1.29, 1.82) is 0 Å². The Morgan fingerprint density at radius 3 is 2.70 bits per heavy atom. The van der Waals surface area contributed by atoms with Gasteiger partial charge in [0.25, 0.3) is 0 Å². The lowest BCUT2D eigenvalue weighted by Gasteiger charge is -2.20. The molecule has 0 bridgehead atoms. The van der Waals surface area contributed by atoms with E-state index >= 15 is 0 Å². The number of nitrogens with one attached hydrogen (secondary N) is 2. The maximum absolute atomic E-state index is 12.0. The minimum Gasteiger partial charge on any atom is -0.377 e. The Kier molecular flexibility index (Phi) is 5.54. The van der Waals surface area contributed by atoms with E-state index in [0.717, 1.165) is 19.4 Å². The lowest BCUT2D eigenvalue weighted by molar-refractivity contribution is 0.0840. The van der Waals surface area contributed by atoms with Crippen LogP contribution in [0.1, 0.15) is 19.8 Å². The summed E-state index contributed by atoms with van der Waals surface area (Å²) in [6, 6.07) is 8.65. The van der Waals surface area contributed by atoms with Gasteiger partial charge < -0.3 is 10.1 Å². The molecule has 0 saturated carbocycles. The molecule has 0 radical (unpaired) electrons. The molecule has 1 aromatic carbocycles. The zero-order valence-corrected chi connectivity index (χ0v) is 12.5. The minimum atomic E-state index is -3.40. The molecule has 1 heterocycles. The Bertz CT molecular complexity index is 498. The highest BCUT2D eigenvalue weighted by molar-refractivity contribution is 7.89. The zero-order valence-electron chi connectivity index (χ0n) is 11.7. The first-order valence-corrected chi connectivity index (χ1v) is 8.47. The molecule has 1 aliphatic rings. The van der Waals surface area contributed by atoms with Gasteiger partial charge in [-0.2, -0.15) is 0 Å². The van der Waals surface area contributed by atoms with Crippen molar-refractivity contribution in [1.82, 2.24) is 10.0 Å². The molecule has 2 atom stereocenters. The Morgan fingerprint density at radius 2 is 2.05 bits per heavy atom. The highest BCUT2D eigenvalue weighted by Crippen LogP contribution is 2.15. The van der Waals surface area contributed by atoms with Crippen LogP contribution in [0.25, 0.3) is 0 Å². The van der Waals surface area contributed by atoms with Gasteiger partial charge in [-0.3, -0.25) is 0 Å². The van der Waals surface area contributed by atoms with E-state index in [-0.39, 0.29) is 12.1 Å². The number of benzene rings is 1. The molecule has 1 aliphatic heterocycles. The van der Waals surface area contributed by atoms with E-state index in [9.17, 15) is 8.42 Å². The fraction of sp³-hybridized carbons (Fsp3) is 0.571. The summed E-state index contributed by atoms with van der Waals surface area (Å²) in [4.78, 5) is 0.298. The van der Waals surface area contributed by atoms with Crippen LogP contribution in [0.5, 0.6) is 0 Å². The van der Waals surface area contributed by atoms with Crippen molar-refractivity contribution in [3.05, 3.63) is 30.3 Å². The van der Waals surface area contributed by atoms with Gasteiger partial charge in [-0.15, -0.1) is 0 Å². The Labute approximate surface area is 120 Å². The third kappa shape index (κ3) is 4.28. The summed E-state index contributed by atoms with van der Waals surface area (Å²) in [6.45, 7) is 3.86. The first kappa shape index (κ1) is 15.4. The predicted octanol–water partition coefficient (Wildman–Crippen LogP) is 1.12. The van der Waals surface area contributed by atoms with Gasteiger partial charge >= 0.3 is 0 Å².